The van der Waals surface area contributed by atoms with Gasteiger partial charge in [0.05, 0.1) is 10.2 Å². The van der Waals surface area contributed by atoms with E-state index < -0.39 is 11.2 Å². The van der Waals surface area contributed by atoms with Gasteiger partial charge in [-0.05, 0) is 43.0 Å². The molecule has 1 aromatic carbocycles. The highest BCUT2D eigenvalue weighted by Gasteiger charge is 2.35. The standard InChI is InChI=1S/C14H15F3N2S/c1-8-2-4-10(18-7-8)9-3-5-12-11(6-9)19-13(20-12)14(15,16)17/h3,5-6,8,10,18H,2,4,7H2,1H3/t8-,10+/m0/s1. The van der Waals surface area contributed by atoms with Gasteiger partial charge in [0.15, 0.2) is 5.01 Å². The van der Waals surface area contributed by atoms with E-state index in [0.717, 1.165) is 24.9 Å². The highest BCUT2D eigenvalue weighted by atomic mass is 32.1. The number of benzene rings is 1. The molecule has 2 nitrogen and oxygen atoms in total. The quantitative estimate of drug-likeness (QED) is 0.845. The monoisotopic (exact) mass is 300 g/mol. The second kappa shape index (κ2) is 5.00. The molecule has 2 heterocycles. The largest absolute Gasteiger partial charge is 0.443 e. The van der Waals surface area contributed by atoms with Crippen LogP contribution in [0.15, 0.2) is 18.2 Å². The molecule has 2 aromatic rings. The van der Waals surface area contributed by atoms with Gasteiger partial charge < -0.3 is 5.32 Å². The number of hydrogen-bond acceptors (Lipinski definition) is 3. The normalized spacial score (nSPS) is 24.2. The van der Waals surface area contributed by atoms with Gasteiger partial charge in [0.1, 0.15) is 0 Å². The first-order valence-electron chi connectivity index (χ1n) is 6.64. The summed E-state index contributed by atoms with van der Waals surface area (Å²) in [6.07, 6.45) is -2.20. The number of halogens is 3. The molecule has 0 saturated carbocycles. The summed E-state index contributed by atoms with van der Waals surface area (Å²) in [6, 6.07) is 5.67. The summed E-state index contributed by atoms with van der Waals surface area (Å²) in [5.41, 5.74) is 1.48. The maximum atomic E-state index is 12.7. The summed E-state index contributed by atoms with van der Waals surface area (Å²) in [5, 5.41) is 2.67. The minimum absolute atomic E-state index is 0.228. The first-order chi connectivity index (χ1) is 9.43. The fourth-order valence-corrected chi connectivity index (χ4v) is 3.38. The second-order valence-corrected chi connectivity index (χ2v) is 6.42. The van der Waals surface area contributed by atoms with Crippen molar-refractivity contribution in [2.45, 2.75) is 32.0 Å². The van der Waals surface area contributed by atoms with Gasteiger partial charge in [-0.15, -0.1) is 11.3 Å². The fraction of sp³-hybridized carbons (Fsp3) is 0.500. The van der Waals surface area contributed by atoms with Crippen LogP contribution >= 0.6 is 11.3 Å². The highest BCUT2D eigenvalue weighted by molar-refractivity contribution is 7.18. The predicted octanol–water partition coefficient (Wildman–Crippen LogP) is 4.38. The summed E-state index contributed by atoms with van der Waals surface area (Å²) in [4.78, 5) is 3.72. The molecule has 108 valence electrons. The lowest BCUT2D eigenvalue weighted by Gasteiger charge is -2.28. The van der Waals surface area contributed by atoms with Gasteiger partial charge in [0.2, 0.25) is 0 Å². The van der Waals surface area contributed by atoms with E-state index in [2.05, 4.69) is 17.2 Å². The van der Waals surface area contributed by atoms with E-state index in [0.29, 0.717) is 27.5 Å². The highest BCUT2D eigenvalue weighted by Crippen LogP contribution is 2.36. The summed E-state index contributed by atoms with van der Waals surface area (Å²) in [7, 11) is 0. The summed E-state index contributed by atoms with van der Waals surface area (Å²) >= 11 is 0.703. The van der Waals surface area contributed by atoms with Crippen LogP contribution in [0.4, 0.5) is 13.2 Å². The van der Waals surface area contributed by atoms with Crippen LogP contribution < -0.4 is 5.32 Å². The molecule has 0 radical (unpaired) electrons. The number of rotatable bonds is 1. The molecule has 0 amide bonds. The molecule has 0 unspecified atom stereocenters. The van der Waals surface area contributed by atoms with Gasteiger partial charge >= 0.3 is 6.18 Å². The molecular formula is C14H15F3N2S. The van der Waals surface area contributed by atoms with Crippen LogP contribution in [0.2, 0.25) is 0 Å². The van der Waals surface area contributed by atoms with Gasteiger partial charge in [0, 0.05) is 6.04 Å². The SMILES string of the molecule is C[C@H]1CC[C@H](c2ccc3sc(C(F)(F)F)nc3c2)NC1. The van der Waals surface area contributed by atoms with Gasteiger partial charge in [0.25, 0.3) is 0 Å². The Hall–Kier alpha value is -1.14. The van der Waals surface area contributed by atoms with Crippen LogP contribution in [0.25, 0.3) is 10.2 Å². The Morgan fingerprint density at radius 1 is 1.30 bits per heavy atom. The van der Waals surface area contributed by atoms with Crippen molar-refractivity contribution in [2.75, 3.05) is 6.54 Å². The lowest BCUT2D eigenvalue weighted by molar-refractivity contribution is -0.137. The number of piperidine rings is 1. The average molecular weight is 300 g/mol. The lowest BCUT2D eigenvalue weighted by Crippen LogP contribution is -2.31. The number of nitrogens with one attached hydrogen (secondary N) is 1. The molecule has 0 bridgehead atoms. The molecule has 3 rings (SSSR count). The van der Waals surface area contributed by atoms with Gasteiger partial charge in [-0.2, -0.15) is 13.2 Å². The zero-order valence-corrected chi connectivity index (χ0v) is 11.8. The molecule has 1 fully saturated rings. The van der Waals surface area contributed by atoms with Crippen LogP contribution in [0.5, 0.6) is 0 Å². The molecular weight excluding hydrogens is 285 g/mol. The summed E-state index contributed by atoms with van der Waals surface area (Å²) in [5.74, 6) is 0.658. The fourth-order valence-electron chi connectivity index (χ4n) is 2.57. The molecule has 2 atom stereocenters. The Kier molecular flexibility index (Phi) is 3.46. The third-order valence-corrected chi connectivity index (χ3v) is 4.80. The van der Waals surface area contributed by atoms with Crippen molar-refractivity contribution >= 4 is 21.6 Å². The first-order valence-corrected chi connectivity index (χ1v) is 7.46. The zero-order valence-electron chi connectivity index (χ0n) is 11.0. The summed E-state index contributed by atoms with van der Waals surface area (Å²) in [6.45, 7) is 3.15. The molecule has 1 saturated heterocycles. The molecule has 1 N–H and O–H groups in total. The number of alkyl halides is 3. The predicted molar refractivity (Wildman–Crippen MR) is 73.8 cm³/mol. The Morgan fingerprint density at radius 2 is 2.10 bits per heavy atom. The van der Waals surface area contributed by atoms with Crippen LogP contribution in [0, 0.1) is 5.92 Å². The molecule has 20 heavy (non-hydrogen) atoms. The van der Waals surface area contributed by atoms with Crippen LogP contribution in [0.1, 0.15) is 36.4 Å². The third-order valence-electron chi connectivity index (χ3n) is 3.72. The molecule has 1 aliphatic rings. The van der Waals surface area contributed by atoms with E-state index in [-0.39, 0.29) is 6.04 Å². The molecule has 1 aliphatic heterocycles. The Labute approximate surface area is 119 Å². The van der Waals surface area contributed by atoms with E-state index in [1.54, 1.807) is 12.1 Å². The Morgan fingerprint density at radius 3 is 2.75 bits per heavy atom. The van der Waals surface area contributed by atoms with Crippen molar-refractivity contribution in [3.63, 3.8) is 0 Å². The van der Waals surface area contributed by atoms with Crippen LogP contribution in [-0.4, -0.2) is 11.5 Å². The van der Waals surface area contributed by atoms with Crippen molar-refractivity contribution in [2.24, 2.45) is 5.92 Å². The first kappa shape index (κ1) is 13.8. The number of thiazole rings is 1. The maximum absolute atomic E-state index is 12.7. The summed E-state index contributed by atoms with van der Waals surface area (Å²) < 4.78 is 38.6. The molecule has 6 heteroatoms. The van der Waals surface area contributed by atoms with E-state index in [1.165, 1.54) is 0 Å². The minimum Gasteiger partial charge on any atom is -0.310 e. The maximum Gasteiger partial charge on any atom is 0.443 e. The number of nitrogens with zero attached hydrogens (tertiary/aromatic N) is 1. The minimum atomic E-state index is -4.36. The van der Waals surface area contributed by atoms with Crippen molar-refractivity contribution in [3.8, 4) is 0 Å². The zero-order chi connectivity index (χ0) is 14.3. The van der Waals surface area contributed by atoms with Crippen LogP contribution in [0.3, 0.4) is 0 Å². The van der Waals surface area contributed by atoms with Gasteiger partial charge in [-0.25, -0.2) is 4.98 Å². The number of aromatic nitrogens is 1. The second-order valence-electron chi connectivity index (χ2n) is 5.39. The van der Waals surface area contributed by atoms with E-state index in [1.807, 2.05) is 6.07 Å². The third kappa shape index (κ3) is 2.67. The average Bonchev–Trinajstić information content (AvgIpc) is 2.82. The Bertz CT molecular complexity index is 612. The van der Waals surface area contributed by atoms with Crippen molar-refractivity contribution < 1.29 is 13.2 Å². The molecule has 0 aliphatic carbocycles. The van der Waals surface area contributed by atoms with E-state index in [9.17, 15) is 13.2 Å². The van der Waals surface area contributed by atoms with Gasteiger partial charge in [-0.3, -0.25) is 0 Å². The molecule has 0 spiro atoms. The van der Waals surface area contributed by atoms with Gasteiger partial charge in [-0.1, -0.05) is 13.0 Å². The smallest absolute Gasteiger partial charge is 0.310 e. The van der Waals surface area contributed by atoms with E-state index in [4.69, 9.17) is 0 Å². The Balaban J connectivity index is 1.90. The van der Waals surface area contributed by atoms with Crippen molar-refractivity contribution in [3.05, 3.63) is 28.8 Å². The topological polar surface area (TPSA) is 24.9 Å². The van der Waals surface area contributed by atoms with Crippen LogP contribution in [-0.2, 0) is 6.18 Å². The van der Waals surface area contributed by atoms with Crippen molar-refractivity contribution in [1.82, 2.24) is 10.3 Å². The molecule has 1 aromatic heterocycles. The number of fused-ring (bicyclic) bond motifs is 1. The van der Waals surface area contributed by atoms with E-state index >= 15 is 0 Å². The number of hydrogen-bond donors (Lipinski definition) is 1. The van der Waals surface area contributed by atoms with Crippen molar-refractivity contribution in [1.29, 1.82) is 0 Å². The lowest BCUT2D eigenvalue weighted by atomic mass is 9.92.